The highest BCUT2D eigenvalue weighted by Crippen LogP contribution is 2.17. The van der Waals surface area contributed by atoms with Gasteiger partial charge >= 0.3 is 0 Å². The highest BCUT2D eigenvalue weighted by atomic mass is 16.5. The quantitative estimate of drug-likeness (QED) is 0.783. The van der Waals surface area contributed by atoms with Gasteiger partial charge in [0.15, 0.2) is 0 Å². The van der Waals surface area contributed by atoms with E-state index < -0.39 is 0 Å². The fraction of sp³-hybridized carbons (Fsp3) is 0.273. The van der Waals surface area contributed by atoms with Crippen molar-refractivity contribution in [2.24, 2.45) is 12.0 Å². The minimum atomic E-state index is 0.599. The third kappa shape index (κ3) is 1.50. The molecule has 2 aromatic rings. The monoisotopic (exact) mass is 216 g/mol. The number of benzene rings is 1. The number of nitrogens with zero attached hydrogens (tertiary/aromatic N) is 3. The number of anilines is 1. The van der Waals surface area contributed by atoms with E-state index in [4.69, 9.17) is 4.74 Å². The van der Waals surface area contributed by atoms with Crippen molar-refractivity contribution < 1.29 is 4.74 Å². The molecule has 0 spiro atoms. The Morgan fingerprint density at radius 2 is 2.38 bits per heavy atom. The lowest BCUT2D eigenvalue weighted by molar-refractivity contribution is 0.346. The summed E-state index contributed by atoms with van der Waals surface area (Å²) in [6, 6.07) is 6.58. The molecule has 0 aliphatic carbocycles. The van der Waals surface area contributed by atoms with Crippen LogP contribution in [0.15, 0.2) is 29.5 Å². The van der Waals surface area contributed by atoms with Crippen molar-refractivity contribution in [3.05, 3.63) is 24.5 Å². The Balaban J connectivity index is 1.94. The van der Waals surface area contributed by atoms with E-state index in [0.717, 1.165) is 23.3 Å². The van der Waals surface area contributed by atoms with Gasteiger partial charge in [-0.15, -0.1) is 0 Å². The lowest BCUT2D eigenvalue weighted by Crippen LogP contribution is -2.11. The van der Waals surface area contributed by atoms with E-state index in [-0.39, 0.29) is 0 Å². The summed E-state index contributed by atoms with van der Waals surface area (Å²) in [5.74, 6) is 0. The number of rotatable bonds is 1. The second kappa shape index (κ2) is 3.52. The molecule has 0 bridgehead atoms. The van der Waals surface area contributed by atoms with Gasteiger partial charge in [0.05, 0.1) is 23.9 Å². The molecule has 0 unspecified atom stereocenters. The van der Waals surface area contributed by atoms with Gasteiger partial charge in [-0.3, -0.25) is 0 Å². The molecule has 16 heavy (non-hydrogen) atoms. The molecule has 0 saturated heterocycles. The Morgan fingerprint density at radius 3 is 3.19 bits per heavy atom. The molecule has 1 aliphatic heterocycles. The van der Waals surface area contributed by atoms with E-state index in [9.17, 15) is 0 Å². The summed E-state index contributed by atoms with van der Waals surface area (Å²) in [5, 5.41) is 3.14. The van der Waals surface area contributed by atoms with Crippen molar-refractivity contribution in [3.63, 3.8) is 0 Å². The van der Waals surface area contributed by atoms with Crippen molar-refractivity contribution in [2.75, 3.05) is 18.5 Å². The topological polar surface area (TPSA) is 51.4 Å². The second-order valence-electron chi connectivity index (χ2n) is 3.72. The first-order valence-corrected chi connectivity index (χ1v) is 5.18. The summed E-state index contributed by atoms with van der Waals surface area (Å²) < 4.78 is 7.28. The van der Waals surface area contributed by atoms with Crippen LogP contribution in [-0.2, 0) is 11.8 Å². The maximum absolute atomic E-state index is 5.30. The van der Waals surface area contributed by atoms with Gasteiger partial charge in [0.25, 0.3) is 6.02 Å². The number of imidazole rings is 1. The molecule has 1 aromatic heterocycles. The van der Waals surface area contributed by atoms with Crippen molar-refractivity contribution in [3.8, 4) is 0 Å². The van der Waals surface area contributed by atoms with Crippen LogP contribution in [0.4, 0.5) is 5.69 Å². The van der Waals surface area contributed by atoms with Crippen LogP contribution in [0.3, 0.4) is 0 Å². The Bertz CT molecular complexity index is 558. The average molecular weight is 216 g/mol. The Kier molecular flexibility index (Phi) is 2.02. The molecule has 0 amide bonds. The van der Waals surface area contributed by atoms with Crippen LogP contribution in [-0.4, -0.2) is 28.7 Å². The third-order valence-electron chi connectivity index (χ3n) is 2.56. The number of amidine groups is 1. The highest BCUT2D eigenvalue weighted by molar-refractivity contribution is 5.92. The highest BCUT2D eigenvalue weighted by Gasteiger charge is 2.08. The number of nitrogens with one attached hydrogen (secondary N) is 1. The number of aliphatic imine (C=N–C) groups is 1. The van der Waals surface area contributed by atoms with Crippen LogP contribution in [0, 0.1) is 0 Å². The molecular weight excluding hydrogens is 204 g/mol. The summed E-state index contributed by atoms with van der Waals surface area (Å²) in [7, 11) is 1.97. The van der Waals surface area contributed by atoms with Gasteiger partial charge in [-0.25, -0.2) is 9.98 Å². The molecule has 5 nitrogen and oxygen atoms in total. The predicted octanol–water partition coefficient (Wildman–Crippen LogP) is 1.37. The van der Waals surface area contributed by atoms with Crippen molar-refractivity contribution in [2.45, 2.75) is 0 Å². The minimum Gasteiger partial charge on any atom is -0.463 e. The lowest BCUT2D eigenvalue weighted by atomic mass is 10.3. The number of aryl methyl sites for hydroxylation is 1. The maximum Gasteiger partial charge on any atom is 0.289 e. The molecule has 1 N–H and O–H groups in total. The van der Waals surface area contributed by atoms with Crippen LogP contribution in [0.5, 0.6) is 0 Å². The minimum absolute atomic E-state index is 0.599. The second-order valence-corrected chi connectivity index (χ2v) is 3.72. The number of hydrogen-bond donors (Lipinski definition) is 1. The first kappa shape index (κ1) is 9.21. The summed E-state index contributed by atoms with van der Waals surface area (Å²) in [5.41, 5.74) is 3.04. The standard InChI is InChI=1S/C11H12N4O/c1-15-7-13-9-3-2-8(6-10(9)15)14-11-12-4-5-16-11/h2-3,6-7H,4-5H2,1H3,(H,12,14). The Hall–Kier alpha value is -2.04. The zero-order valence-electron chi connectivity index (χ0n) is 8.97. The van der Waals surface area contributed by atoms with E-state index >= 15 is 0 Å². The van der Waals surface area contributed by atoms with Crippen molar-refractivity contribution >= 4 is 22.7 Å². The summed E-state index contributed by atoms with van der Waals surface area (Å²) in [6.45, 7) is 1.40. The van der Waals surface area contributed by atoms with E-state index in [2.05, 4.69) is 15.3 Å². The van der Waals surface area contributed by atoms with E-state index in [1.807, 2.05) is 29.8 Å². The molecule has 0 radical (unpaired) electrons. The van der Waals surface area contributed by atoms with Crippen LogP contribution < -0.4 is 5.32 Å². The van der Waals surface area contributed by atoms with Gasteiger partial charge in [0.1, 0.15) is 6.61 Å². The number of aromatic nitrogens is 2. The lowest BCUT2D eigenvalue weighted by Gasteiger charge is -2.05. The molecule has 82 valence electrons. The molecular formula is C11H12N4O. The van der Waals surface area contributed by atoms with Crippen LogP contribution >= 0.6 is 0 Å². The molecule has 2 heterocycles. The van der Waals surface area contributed by atoms with E-state index in [1.165, 1.54) is 0 Å². The summed E-state index contributed by atoms with van der Waals surface area (Å²) in [4.78, 5) is 8.45. The van der Waals surface area contributed by atoms with E-state index in [1.54, 1.807) is 6.33 Å². The first-order valence-electron chi connectivity index (χ1n) is 5.18. The van der Waals surface area contributed by atoms with Gasteiger partial charge < -0.3 is 14.6 Å². The molecule has 0 saturated carbocycles. The predicted molar refractivity (Wildman–Crippen MR) is 62.6 cm³/mol. The fourth-order valence-corrected chi connectivity index (χ4v) is 1.74. The van der Waals surface area contributed by atoms with Gasteiger partial charge in [0.2, 0.25) is 0 Å². The van der Waals surface area contributed by atoms with Crippen molar-refractivity contribution in [1.82, 2.24) is 9.55 Å². The maximum atomic E-state index is 5.30. The summed E-state index contributed by atoms with van der Waals surface area (Å²) >= 11 is 0. The van der Waals surface area contributed by atoms with Crippen molar-refractivity contribution in [1.29, 1.82) is 0 Å². The number of ether oxygens (including phenoxy) is 1. The molecule has 5 heteroatoms. The number of fused-ring (bicyclic) bond motifs is 1. The van der Waals surface area contributed by atoms with Crippen LogP contribution in [0.2, 0.25) is 0 Å². The zero-order chi connectivity index (χ0) is 11.0. The third-order valence-corrected chi connectivity index (χ3v) is 2.56. The first-order chi connectivity index (χ1) is 7.83. The van der Waals surface area contributed by atoms with Crippen LogP contribution in [0.25, 0.3) is 11.0 Å². The van der Waals surface area contributed by atoms with Crippen LogP contribution in [0.1, 0.15) is 0 Å². The van der Waals surface area contributed by atoms with Gasteiger partial charge in [-0.05, 0) is 18.2 Å². The van der Waals surface area contributed by atoms with Gasteiger partial charge in [0, 0.05) is 12.7 Å². The molecule has 0 atom stereocenters. The number of hydrogen-bond acceptors (Lipinski definition) is 4. The normalized spacial score (nSPS) is 14.9. The average Bonchev–Trinajstić information content (AvgIpc) is 2.90. The Labute approximate surface area is 92.8 Å². The fourth-order valence-electron chi connectivity index (χ4n) is 1.74. The molecule has 0 fully saturated rings. The SMILES string of the molecule is Cn1cnc2ccc(NC3=NCCO3)cc21. The zero-order valence-corrected chi connectivity index (χ0v) is 8.97. The summed E-state index contributed by atoms with van der Waals surface area (Å²) in [6.07, 6.45) is 1.80. The smallest absolute Gasteiger partial charge is 0.289 e. The molecule has 3 rings (SSSR count). The van der Waals surface area contributed by atoms with Gasteiger partial charge in [-0.1, -0.05) is 0 Å². The largest absolute Gasteiger partial charge is 0.463 e. The molecule has 1 aromatic carbocycles. The van der Waals surface area contributed by atoms with E-state index in [0.29, 0.717) is 12.6 Å². The van der Waals surface area contributed by atoms with Gasteiger partial charge in [-0.2, -0.15) is 0 Å². The molecule has 1 aliphatic rings. The Morgan fingerprint density at radius 1 is 1.44 bits per heavy atom.